The molecular weight excluding hydrogens is 382 g/mol. The summed E-state index contributed by atoms with van der Waals surface area (Å²) in [5.74, 6) is 0.455. The molecule has 0 spiro atoms. The Bertz CT molecular complexity index is 799. The maximum absolute atomic E-state index is 12.1. The third-order valence-electron chi connectivity index (χ3n) is 3.52. The van der Waals surface area contributed by atoms with Crippen molar-refractivity contribution in [3.63, 3.8) is 0 Å². The molecule has 0 aliphatic carbocycles. The summed E-state index contributed by atoms with van der Waals surface area (Å²) in [7, 11) is 0. The van der Waals surface area contributed by atoms with Crippen molar-refractivity contribution < 1.29 is 28.6 Å². The highest BCUT2D eigenvalue weighted by Gasteiger charge is 2.13. The standard InChI is InChI=1S/C20H23NO6S/c1-3-25-15-4-6-16(7-5-15)26-11-10-20(24)27-13-18(23)19-9-8-17(28-19)12-21-14(2)22/h4-9H,3,10-13H2,1-2H3,(H,21,22). The smallest absolute Gasteiger partial charge is 0.309 e. The minimum Gasteiger partial charge on any atom is -0.494 e. The Morgan fingerprint density at radius 1 is 1.00 bits per heavy atom. The number of hydrogen-bond donors (Lipinski definition) is 1. The number of carbonyl (C=O) groups excluding carboxylic acids is 3. The predicted molar refractivity (Wildman–Crippen MR) is 105 cm³/mol. The molecular formula is C20H23NO6S. The van der Waals surface area contributed by atoms with Crippen molar-refractivity contribution in [1.82, 2.24) is 5.32 Å². The highest BCUT2D eigenvalue weighted by atomic mass is 32.1. The van der Waals surface area contributed by atoms with E-state index in [9.17, 15) is 14.4 Å². The van der Waals surface area contributed by atoms with Crippen molar-refractivity contribution in [2.24, 2.45) is 0 Å². The van der Waals surface area contributed by atoms with Crippen molar-refractivity contribution in [3.8, 4) is 11.5 Å². The molecule has 0 radical (unpaired) electrons. The van der Waals surface area contributed by atoms with Crippen LogP contribution in [0.4, 0.5) is 0 Å². The Kier molecular flexibility index (Phi) is 8.48. The molecule has 0 saturated heterocycles. The second-order valence-electron chi connectivity index (χ2n) is 5.76. The van der Waals surface area contributed by atoms with Gasteiger partial charge in [-0.2, -0.15) is 0 Å². The highest BCUT2D eigenvalue weighted by molar-refractivity contribution is 7.14. The van der Waals surface area contributed by atoms with E-state index in [-0.39, 0.29) is 31.3 Å². The average Bonchev–Trinajstić information content (AvgIpc) is 3.15. The summed E-state index contributed by atoms with van der Waals surface area (Å²) in [5, 5.41) is 2.66. The van der Waals surface area contributed by atoms with E-state index in [2.05, 4.69) is 5.32 Å². The van der Waals surface area contributed by atoms with Crippen molar-refractivity contribution >= 4 is 29.0 Å². The Balaban J connectivity index is 1.67. The van der Waals surface area contributed by atoms with Gasteiger partial charge in [0.15, 0.2) is 6.61 Å². The molecule has 2 rings (SSSR count). The van der Waals surface area contributed by atoms with Crippen LogP contribution in [0.15, 0.2) is 36.4 Å². The van der Waals surface area contributed by atoms with Gasteiger partial charge < -0.3 is 19.5 Å². The van der Waals surface area contributed by atoms with Gasteiger partial charge in [0, 0.05) is 11.8 Å². The van der Waals surface area contributed by atoms with E-state index in [1.165, 1.54) is 18.3 Å². The minimum atomic E-state index is -0.505. The predicted octanol–water partition coefficient (Wildman–Crippen LogP) is 2.98. The number of thiophene rings is 1. The van der Waals surface area contributed by atoms with Crippen LogP contribution in [0.5, 0.6) is 11.5 Å². The quantitative estimate of drug-likeness (QED) is 0.457. The third-order valence-corrected chi connectivity index (χ3v) is 4.65. The van der Waals surface area contributed by atoms with Crippen LogP contribution in [0.2, 0.25) is 0 Å². The van der Waals surface area contributed by atoms with Crippen LogP contribution in [0.25, 0.3) is 0 Å². The molecule has 0 fully saturated rings. The number of ether oxygens (including phenoxy) is 3. The van der Waals surface area contributed by atoms with Crippen molar-refractivity contribution in [2.75, 3.05) is 19.8 Å². The Morgan fingerprint density at radius 3 is 2.32 bits per heavy atom. The molecule has 1 aromatic heterocycles. The van der Waals surface area contributed by atoms with E-state index >= 15 is 0 Å². The first-order valence-electron chi connectivity index (χ1n) is 8.85. The zero-order valence-electron chi connectivity index (χ0n) is 15.9. The molecule has 1 aromatic carbocycles. The monoisotopic (exact) mass is 405 g/mol. The molecule has 0 unspecified atom stereocenters. The molecule has 8 heteroatoms. The van der Waals surface area contributed by atoms with Gasteiger partial charge in [-0.1, -0.05) is 0 Å². The fourth-order valence-electron chi connectivity index (χ4n) is 2.17. The molecule has 28 heavy (non-hydrogen) atoms. The van der Waals surface area contributed by atoms with Crippen LogP contribution in [-0.2, 0) is 20.9 Å². The van der Waals surface area contributed by atoms with E-state index in [1.807, 2.05) is 6.92 Å². The Labute approximate surface area is 167 Å². The number of carbonyl (C=O) groups is 3. The van der Waals surface area contributed by atoms with Crippen LogP contribution in [0.3, 0.4) is 0 Å². The lowest BCUT2D eigenvalue weighted by Crippen LogP contribution is -2.18. The van der Waals surface area contributed by atoms with E-state index in [1.54, 1.807) is 36.4 Å². The lowest BCUT2D eigenvalue weighted by molar-refractivity contribution is -0.143. The summed E-state index contributed by atoms with van der Waals surface area (Å²) in [6.07, 6.45) is 0.0404. The Morgan fingerprint density at radius 2 is 1.68 bits per heavy atom. The SMILES string of the molecule is CCOc1ccc(OCCC(=O)OCC(=O)c2ccc(CNC(C)=O)s2)cc1. The van der Waals surface area contributed by atoms with Crippen molar-refractivity contribution in [3.05, 3.63) is 46.2 Å². The van der Waals surface area contributed by atoms with Gasteiger partial charge in [-0.3, -0.25) is 14.4 Å². The van der Waals surface area contributed by atoms with E-state index < -0.39 is 5.97 Å². The first-order chi connectivity index (χ1) is 13.5. The van der Waals surface area contributed by atoms with E-state index in [0.29, 0.717) is 23.8 Å². The van der Waals surface area contributed by atoms with Gasteiger partial charge in [0.05, 0.1) is 31.1 Å². The summed E-state index contributed by atoms with van der Waals surface area (Å²) in [6, 6.07) is 10.5. The number of rotatable bonds is 11. The Hall–Kier alpha value is -2.87. The fraction of sp³-hybridized carbons (Fsp3) is 0.350. The molecule has 0 saturated carbocycles. The van der Waals surface area contributed by atoms with Gasteiger partial charge in [-0.25, -0.2) is 0 Å². The van der Waals surface area contributed by atoms with Gasteiger partial charge >= 0.3 is 5.97 Å². The second-order valence-corrected chi connectivity index (χ2v) is 6.93. The lowest BCUT2D eigenvalue weighted by atomic mass is 10.3. The molecule has 0 aliphatic rings. The molecule has 150 valence electrons. The lowest BCUT2D eigenvalue weighted by Gasteiger charge is -2.08. The maximum atomic E-state index is 12.1. The van der Waals surface area contributed by atoms with Crippen LogP contribution in [0, 0.1) is 0 Å². The molecule has 2 aromatic rings. The average molecular weight is 405 g/mol. The second kappa shape index (κ2) is 11.1. The molecule has 7 nitrogen and oxygen atoms in total. The minimum absolute atomic E-state index is 0.0404. The van der Waals surface area contributed by atoms with Crippen LogP contribution in [0.1, 0.15) is 34.8 Å². The van der Waals surface area contributed by atoms with E-state index in [0.717, 1.165) is 10.6 Å². The molecule has 1 amide bonds. The van der Waals surface area contributed by atoms with Crippen LogP contribution < -0.4 is 14.8 Å². The first kappa shape index (κ1) is 21.4. The largest absolute Gasteiger partial charge is 0.494 e. The van der Waals surface area contributed by atoms with Crippen LogP contribution >= 0.6 is 11.3 Å². The zero-order valence-corrected chi connectivity index (χ0v) is 16.7. The molecule has 1 heterocycles. The van der Waals surface area contributed by atoms with Gasteiger partial charge in [0.1, 0.15) is 11.5 Å². The molecule has 1 N–H and O–H groups in total. The van der Waals surface area contributed by atoms with Crippen molar-refractivity contribution in [2.45, 2.75) is 26.8 Å². The normalized spacial score (nSPS) is 10.2. The highest BCUT2D eigenvalue weighted by Crippen LogP contribution is 2.18. The maximum Gasteiger partial charge on any atom is 0.309 e. The third kappa shape index (κ3) is 7.40. The number of ketones is 1. The van der Waals surface area contributed by atoms with E-state index in [4.69, 9.17) is 14.2 Å². The fourth-order valence-corrected chi connectivity index (χ4v) is 3.05. The molecule has 0 bridgehead atoms. The molecule has 0 aliphatic heterocycles. The van der Waals surface area contributed by atoms with Gasteiger partial charge in [0.25, 0.3) is 0 Å². The first-order valence-corrected chi connectivity index (χ1v) is 9.67. The number of amides is 1. The zero-order chi connectivity index (χ0) is 20.4. The summed E-state index contributed by atoms with van der Waals surface area (Å²) in [4.78, 5) is 36.1. The van der Waals surface area contributed by atoms with Gasteiger partial charge in [-0.05, 0) is 43.3 Å². The van der Waals surface area contributed by atoms with Gasteiger partial charge in [0.2, 0.25) is 11.7 Å². The van der Waals surface area contributed by atoms with Gasteiger partial charge in [-0.15, -0.1) is 11.3 Å². The summed E-state index contributed by atoms with van der Waals surface area (Å²) >= 11 is 1.26. The number of nitrogens with one attached hydrogen (secondary N) is 1. The number of esters is 1. The summed E-state index contributed by atoms with van der Waals surface area (Å²) in [5.41, 5.74) is 0. The number of benzene rings is 1. The number of hydrogen-bond acceptors (Lipinski definition) is 7. The summed E-state index contributed by atoms with van der Waals surface area (Å²) in [6.45, 7) is 4.13. The van der Waals surface area contributed by atoms with Crippen LogP contribution in [-0.4, -0.2) is 37.5 Å². The topological polar surface area (TPSA) is 90.9 Å². The number of Topliss-reactive ketones (excluding diaryl/α,β-unsaturated/α-hetero) is 1. The summed E-state index contributed by atoms with van der Waals surface area (Å²) < 4.78 is 15.8. The van der Waals surface area contributed by atoms with Crippen molar-refractivity contribution in [1.29, 1.82) is 0 Å². The molecule has 0 atom stereocenters.